The summed E-state index contributed by atoms with van der Waals surface area (Å²) >= 11 is 0. The zero-order valence-corrected chi connectivity index (χ0v) is 5.10. The molecular formula is C5H12N2. The Labute approximate surface area is 44.6 Å². The predicted molar refractivity (Wildman–Crippen MR) is 32.4 cm³/mol. The van der Waals surface area contributed by atoms with Gasteiger partial charge in [0.05, 0.1) is 0 Å². The van der Waals surface area contributed by atoms with Crippen LogP contribution in [0.25, 0.3) is 0 Å². The molecule has 0 aliphatic heterocycles. The minimum atomic E-state index is 0.455. The average molecular weight is 100 g/mol. The fraction of sp³-hybridized carbons (Fsp3) is 0.800. The van der Waals surface area contributed by atoms with Crippen molar-refractivity contribution in [3.05, 3.63) is 0 Å². The molecule has 0 saturated carbocycles. The van der Waals surface area contributed by atoms with Gasteiger partial charge < -0.3 is 5.43 Å². The highest BCUT2D eigenvalue weighted by Crippen LogP contribution is 1.72. The SMILES string of the molecule is CC=NNC(C)C. The molecule has 0 unspecified atom stereocenters. The van der Waals surface area contributed by atoms with Crippen LogP contribution in [0.2, 0.25) is 0 Å². The van der Waals surface area contributed by atoms with Crippen LogP contribution in [0.4, 0.5) is 0 Å². The monoisotopic (exact) mass is 100 g/mol. The smallest absolute Gasteiger partial charge is 0.0383 e. The van der Waals surface area contributed by atoms with E-state index >= 15 is 0 Å². The Morgan fingerprint density at radius 3 is 2.29 bits per heavy atom. The van der Waals surface area contributed by atoms with Crippen molar-refractivity contribution >= 4 is 6.21 Å². The van der Waals surface area contributed by atoms with Gasteiger partial charge in [0.2, 0.25) is 0 Å². The molecule has 42 valence electrons. The number of nitrogens with one attached hydrogen (secondary N) is 1. The summed E-state index contributed by atoms with van der Waals surface area (Å²) < 4.78 is 0. The van der Waals surface area contributed by atoms with Gasteiger partial charge in [0.15, 0.2) is 0 Å². The quantitative estimate of drug-likeness (QED) is 0.406. The maximum absolute atomic E-state index is 3.80. The minimum Gasteiger partial charge on any atom is -0.308 e. The zero-order chi connectivity index (χ0) is 5.70. The number of nitrogens with zero attached hydrogens (tertiary/aromatic N) is 1. The zero-order valence-electron chi connectivity index (χ0n) is 5.10. The first-order valence-electron chi connectivity index (χ1n) is 2.50. The van der Waals surface area contributed by atoms with Gasteiger partial charge in [-0.1, -0.05) is 0 Å². The molecule has 0 aliphatic carbocycles. The molecule has 0 aromatic heterocycles. The fourth-order valence-electron chi connectivity index (χ4n) is 0.224. The minimum absolute atomic E-state index is 0.455. The number of hydrogen-bond acceptors (Lipinski definition) is 2. The number of hydrazone groups is 1. The molecule has 0 amide bonds. The third-order valence-electron chi connectivity index (χ3n) is 0.462. The Balaban J connectivity index is 2.97. The van der Waals surface area contributed by atoms with E-state index < -0.39 is 0 Å². The van der Waals surface area contributed by atoms with E-state index in [9.17, 15) is 0 Å². The van der Waals surface area contributed by atoms with Crippen molar-refractivity contribution in [2.75, 3.05) is 0 Å². The highest BCUT2D eigenvalue weighted by Gasteiger charge is 1.80. The van der Waals surface area contributed by atoms with E-state index in [1.807, 2.05) is 20.8 Å². The van der Waals surface area contributed by atoms with Crippen LogP contribution in [0.1, 0.15) is 20.8 Å². The average Bonchev–Trinajstić information content (AvgIpc) is 1.61. The molecule has 0 fully saturated rings. The van der Waals surface area contributed by atoms with E-state index in [1.54, 1.807) is 6.21 Å². The van der Waals surface area contributed by atoms with Gasteiger partial charge in [0.1, 0.15) is 0 Å². The maximum atomic E-state index is 3.80. The highest BCUT2D eigenvalue weighted by atomic mass is 15.3. The lowest BCUT2D eigenvalue weighted by Crippen LogP contribution is -2.15. The van der Waals surface area contributed by atoms with Gasteiger partial charge in [-0.2, -0.15) is 5.10 Å². The molecule has 0 heterocycles. The number of hydrogen-bond donors (Lipinski definition) is 1. The van der Waals surface area contributed by atoms with Crippen molar-refractivity contribution in [1.82, 2.24) is 5.43 Å². The van der Waals surface area contributed by atoms with Crippen LogP contribution in [0, 0.1) is 0 Å². The van der Waals surface area contributed by atoms with Crippen LogP contribution < -0.4 is 5.43 Å². The van der Waals surface area contributed by atoms with E-state index in [1.165, 1.54) is 0 Å². The molecule has 7 heavy (non-hydrogen) atoms. The lowest BCUT2D eigenvalue weighted by Gasteiger charge is -1.99. The second-order valence-corrected chi connectivity index (χ2v) is 1.67. The standard InChI is InChI=1S/C5H12N2/c1-4-6-7-5(2)3/h4-5,7H,1-3H3. The molecule has 0 aliphatic rings. The van der Waals surface area contributed by atoms with Crippen molar-refractivity contribution in [3.63, 3.8) is 0 Å². The Morgan fingerprint density at radius 2 is 2.14 bits per heavy atom. The van der Waals surface area contributed by atoms with Gasteiger partial charge in [-0.25, -0.2) is 0 Å². The highest BCUT2D eigenvalue weighted by molar-refractivity contribution is 5.52. The molecule has 0 bridgehead atoms. The lowest BCUT2D eigenvalue weighted by molar-refractivity contribution is 0.622. The van der Waals surface area contributed by atoms with Crippen LogP contribution in [0.15, 0.2) is 5.10 Å². The Hall–Kier alpha value is -0.530. The van der Waals surface area contributed by atoms with E-state index in [0.717, 1.165) is 0 Å². The molecule has 0 aromatic rings. The summed E-state index contributed by atoms with van der Waals surface area (Å²) in [6.07, 6.45) is 1.74. The largest absolute Gasteiger partial charge is 0.308 e. The number of rotatable bonds is 2. The van der Waals surface area contributed by atoms with Crippen LogP contribution >= 0.6 is 0 Å². The van der Waals surface area contributed by atoms with E-state index in [0.29, 0.717) is 6.04 Å². The second-order valence-electron chi connectivity index (χ2n) is 1.67. The first-order chi connectivity index (χ1) is 3.27. The molecule has 2 heteroatoms. The van der Waals surface area contributed by atoms with Crippen molar-refractivity contribution in [2.24, 2.45) is 5.10 Å². The first kappa shape index (κ1) is 6.47. The van der Waals surface area contributed by atoms with Gasteiger partial charge in [-0.05, 0) is 20.8 Å². The molecule has 0 aromatic carbocycles. The molecule has 0 atom stereocenters. The summed E-state index contributed by atoms with van der Waals surface area (Å²) in [5, 5.41) is 3.80. The third-order valence-corrected chi connectivity index (χ3v) is 0.462. The van der Waals surface area contributed by atoms with Crippen LogP contribution in [-0.4, -0.2) is 12.3 Å². The van der Waals surface area contributed by atoms with Crippen molar-refractivity contribution in [1.29, 1.82) is 0 Å². The lowest BCUT2D eigenvalue weighted by atomic mass is 10.4. The molecule has 0 radical (unpaired) electrons. The van der Waals surface area contributed by atoms with E-state index in [2.05, 4.69) is 10.5 Å². The Kier molecular flexibility index (Phi) is 3.38. The third kappa shape index (κ3) is 5.47. The van der Waals surface area contributed by atoms with Gasteiger partial charge in [0, 0.05) is 12.3 Å². The summed E-state index contributed by atoms with van der Waals surface area (Å²) in [5.74, 6) is 0. The Bertz CT molecular complexity index is 57.1. The van der Waals surface area contributed by atoms with Crippen LogP contribution in [0.5, 0.6) is 0 Å². The first-order valence-corrected chi connectivity index (χ1v) is 2.50. The van der Waals surface area contributed by atoms with E-state index in [-0.39, 0.29) is 0 Å². The Morgan fingerprint density at radius 1 is 1.57 bits per heavy atom. The topological polar surface area (TPSA) is 24.4 Å². The van der Waals surface area contributed by atoms with Gasteiger partial charge in [-0.3, -0.25) is 0 Å². The summed E-state index contributed by atoms with van der Waals surface area (Å²) in [7, 11) is 0. The van der Waals surface area contributed by atoms with Crippen molar-refractivity contribution in [3.8, 4) is 0 Å². The summed E-state index contributed by atoms with van der Waals surface area (Å²) in [4.78, 5) is 0. The summed E-state index contributed by atoms with van der Waals surface area (Å²) in [6, 6.07) is 0.455. The molecule has 1 N–H and O–H groups in total. The molecular weight excluding hydrogens is 88.1 g/mol. The van der Waals surface area contributed by atoms with Gasteiger partial charge >= 0.3 is 0 Å². The van der Waals surface area contributed by atoms with Gasteiger partial charge in [0.25, 0.3) is 0 Å². The van der Waals surface area contributed by atoms with Crippen molar-refractivity contribution in [2.45, 2.75) is 26.8 Å². The predicted octanol–water partition coefficient (Wildman–Crippen LogP) is 0.990. The second kappa shape index (κ2) is 3.65. The molecule has 0 rings (SSSR count). The summed E-state index contributed by atoms with van der Waals surface area (Å²) in [6.45, 7) is 5.98. The fourth-order valence-corrected chi connectivity index (χ4v) is 0.224. The maximum Gasteiger partial charge on any atom is 0.0383 e. The normalized spacial score (nSPS) is 10.9. The van der Waals surface area contributed by atoms with E-state index in [4.69, 9.17) is 0 Å². The summed E-state index contributed by atoms with van der Waals surface area (Å²) in [5.41, 5.74) is 2.86. The molecule has 0 saturated heterocycles. The van der Waals surface area contributed by atoms with Crippen LogP contribution in [-0.2, 0) is 0 Å². The van der Waals surface area contributed by atoms with Gasteiger partial charge in [-0.15, -0.1) is 0 Å². The van der Waals surface area contributed by atoms with Crippen molar-refractivity contribution < 1.29 is 0 Å². The van der Waals surface area contributed by atoms with Crippen LogP contribution in [0.3, 0.4) is 0 Å². The molecule has 2 nitrogen and oxygen atoms in total. The molecule has 0 spiro atoms.